The summed E-state index contributed by atoms with van der Waals surface area (Å²) in [5.74, 6) is 1.78. The van der Waals surface area contributed by atoms with Gasteiger partial charge >= 0.3 is 0 Å². The SMILES string of the molecule is CS(=O)(=O)N1CCC(c2cc(NC3=NC=CN4C3=NCC4c3cn[nH]c3)sn2)CC1. The second kappa shape index (κ2) is 7.60. The second-order valence-electron chi connectivity index (χ2n) is 7.57. The summed E-state index contributed by atoms with van der Waals surface area (Å²) in [6, 6.07) is 2.15. The fourth-order valence-electron chi connectivity index (χ4n) is 4.04. The minimum Gasteiger partial charge on any atom is -0.328 e. The number of rotatable bonds is 4. The quantitative estimate of drug-likeness (QED) is 0.739. The van der Waals surface area contributed by atoms with Crippen molar-refractivity contribution in [2.45, 2.75) is 24.8 Å². The smallest absolute Gasteiger partial charge is 0.211 e. The summed E-state index contributed by atoms with van der Waals surface area (Å²) in [6.45, 7) is 1.73. The van der Waals surface area contributed by atoms with Crippen molar-refractivity contribution in [1.82, 2.24) is 23.8 Å². The molecule has 0 radical (unpaired) electrons. The van der Waals surface area contributed by atoms with Gasteiger partial charge in [0.2, 0.25) is 10.0 Å². The Kier molecular flexibility index (Phi) is 4.91. The Hall–Kier alpha value is -2.57. The summed E-state index contributed by atoms with van der Waals surface area (Å²) in [7, 11) is -3.12. The number of hydrogen-bond donors (Lipinski definition) is 2. The van der Waals surface area contributed by atoms with Gasteiger partial charge in [-0.2, -0.15) is 9.47 Å². The number of sulfonamides is 1. The first kappa shape index (κ1) is 19.4. The number of amidine groups is 2. The average Bonchev–Trinajstić information content (AvgIpc) is 3.48. The molecule has 12 heteroatoms. The molecule has 2 aromatic rings. The van der Waals surface area contributed by atoms with Gasteiger partial charge in [0.25, 0.3) is 0 Å². The van der Waals surface area contributed by atoms with Crippen LogP contribution in [0.3, 0.4) is 0 Å². The van der Waals surface area contributed by atoms with Gasteiger partial charge in [0.05, 0.1) is 30.7 Å². The Morgan fingerprint density at radius 3 is 2.87 bits per heavy atom. The lowest BCUT2D eigenvalue weighted by Crippen LogP contribution is -2.37. The number of hydrogen-bond acceptors (Lipinski definition) is 9. The van der Waals surface area contributed by atoms with E-state index in [0.717, 1.165) is 34.9 Å². The fraction of sp³-hybridized carbons (Fsp3) is 0.444. The molecule has 3 aliphatic heterocycles. The zero-order valence-corrected chi connectivity index (χ0v) is 18.0. The maximum Gasteiger partial charge on any atom is 0.211 e. The molecule has 158 valence electrons. The molecule has 0 spiro atoms. The standard InChI is InChI=1S/C18H22N8O2S2/c1-30(27,28)25-5-2-12(3-6-25)14-8-16(29-24-14)23-17-18-20-11-15(13-9-21-22-10-13)26(18)7-4-19-17/h4,7-10,12,15H,2-3,5-6,11H2,1H3,(H,19,23)(H,21,22). The lowest BCUT2D eigenvalue weighted by Gasteiger charge is -2.29. The van der Waals surface area contributed by atoms with E-state index in [1.54, 1.807) is 10.5 Å². The van der Waals surface area contributed by atoms with Crippen molar-refractivity contribution < 1.29 is 8.42 Å². The highest BCUT2D eigenvalue weighted by Gasteiger charge is 2.33. The summed E-state index contributed by atoms with van der Waals surface area (Å²) in [5, 5.41) is 11.2. The molecule has 0 saturated carbocycles. The number of aromatic amines is 1. The highest BCUT2D eigenvalue weighted by Crippen LogP contribution is 2.32. The highest BCUT2D eigenvalue weighted by molar-refractivity contribution is 7.88. The molecule has 1 saturated heterocycles. The van der Waals surface area contributed by atoms with Gasteiger partial charge in [-0.1, -0.05) is 0 Å². The van der Waals surface area contributed by atoms with Crippen molar-refractivity contribution in [3.8, 4) is 0 Å². The van der Waals surface area contributed by atoms with Gasteiger partial charge in [-0.15, -0.1) is 0 Å². The third-order valence-corrected chi connectivity index (χ3v) is 7.67. The molecule has 5 rings (SSSR count). The molecule has 2 aromatic heterocycles. The van der Waals surface area contributed by atoms with Crippen LogP contribution in [0.15, 0.2) is 40.8 Å². The van der Waals surface area contributed by atoms with E-state index in [9.17, 15) is 8.42 Å². The minimum absolute atomic E-state index is 0.111. The molecule has 5 heterocycles. The van der Waals surface area contributed by atoms with Crippen molar-refractivity contribution in [3.63, 3.8) is 0 Å². The number of nitrogens with one attached hydrogen (secondary N) is 2. The maximum absolute atomic E-state index is 11.7. The van der Waals surface area contributed by atoms with Crippen molar-refractivity contribution in [1.29, 1.82) is 0 Å². The first-order valence-electron chi connectivity index (χ1n) is 9.74. The molecule has 30 heavy (non-hydrogen) atoms. The second-order valence-corrected chi connectivity index (χ2v) is 10.4. The Labute approximate surface area is 178 Å². The van der Waals surface area contributed by atoms with Crippen LogP contribution >= 0.6 is 11.5 Å². The van der Waals surface area contributed by atoms with Crippen molar-refractivity contribution >= 4 is 38.2 Å². The molecular weight excluding hydrogens is 424 g/mol. The molecule has 1 atom stereocenters. The number of H-pyrrole nitrogens is 1. The van der Waals surface area contributed by atoms with Crippen LogP contribution in [0.2, 0.25) is 0 Å². The van der Waals surface area contributed by atoms with Crippen LogP contribution < -0.4 is 5.32 Å². The molecule has 10 nitrogen and oxygen atoms in total. The van der Waals surface area contributed by atoms with E-state index >= 15 is 0 Å². The first-order chi connectivity index (χ1) is 14.5. The van der Waals surface area contributed by atoms with E-state index in [4.69, 9.17) is 0 Å². The fourth-order valence-corrected chi connectivity index (χ4v) is 5.63. The predicted molar refractivity (Wildman–Crippen MR) is 116 cm³/mol. The van der Waals surface area contributed by atoms with Gasteiger partial charge in [-0.3, -0.25) is 10.1 Å². The van der Waals surface area contributed by atoms with E-state index in [0.29, 0.717) is 25.5 Å². The van der Waals surface area contributed by atoms with Gasteiger partial charge < -0.3 is 10.2 Å². The average molecular weight is 447 g/mol. The topological polar surface area (TPSA) is 119 Å². The van der Waals surface area contributed by atoms with Crippen LogP contribution in [0.5, 0.6) is 0 Å². The molecule has 1 unspecified atom stereocenters. The third-order valence-electron chi connectivity index (χ3n) is 5.65. The van der Waals surface area contributed by atoms with Gasteiger partial charge in [0.15, 0.2) is 11.7 Å². The lowest BCUT2D eigenvalue weighted by molar-refractivity contribution is 0.319. The van der Waals surface area contributed by atoms with E-state index in [-0.39, 0.29) is 12.0 Å². The van der Waals surface area contributed by atoms with E-state index in [1.807, 2.05) is 24.7 Å². The zero-order chi connectivity index (χ0) is 20.7. The Balaban J connectivity index is 1.25. The Morgan fingerprint density at radius 2 is 2.13 bits per heavy atom. The van der Waals surface area contributed by atoms with Crippen molar-refractivity contribution in [2.24, 2.45) is 9.98 Å². The lowest BCUT2D eigenvalue weighted by atomic mass is 9.95. The van der Waals surface area contributed by atoms with Gasteiger partial charge in [-0.05, 0) is 30.4 Å². The monoisotopic (exact) mass is 446 g/mol. The van der Waals surface area contributed by atoms with Crippen molar-refractivity contribution in [2.75, 3.05) is 31.2 Å². The largest absolute Gasteiger partial charge is 0.328 e. The van der Waals surface area contributed by atoms with Gasteiger partial charge in [0.1, 0.15) is 5.00 Å². The summed E-state index contributed by atoms with van der Waals surface area (Å²) in [5.41, 5.74) is 2.09. The number of fused-ring (bicyclic) bond motifs is 1. The van der Waals surface area contributed by atoms with E-state index < -0.39 is 10.0 Å². The highest BCUT2D eigenvalue weighted by atomic mass is 32.2. The summed E-state index contributed by atoms with van der Waals surface area (Å²) >= 11 is 1.39. The maximum atomic E-state index is 11.7. The van der Waals surface area contributed by atoms with Crippen LogP contribution in [-0.4, -0.2) is 69.8 Å². The van der Waals surface area contributed by atoms with Crippen molar-refractivity contribution in [3.05, 3.63) is 42.1 Å². The number of nitrogens with zero attached hydrogens (tertiary/aromatic N) is 6. The van der Waals surface area contributed by atoms with Gasteiger partial charge in [0, 0.05) is 43.2 Å². The number of aromatic nitrogens is 3. The minimum atomic E-state index is -3.12. The summed E-state index contributed by atoms with van der Waals surface area (Å²) in [6.07, 6.45) is 10.2. The predicted octanol–water partition coefficient (Wildman–Crippen LogP) is 1.76. The van der Waals surface area contributed by atoms with Crippen LogP contribution in [0.1, 0.15) is 36.1 Å². The van der Waals surface area contributed by atoms with E-state index in [2.05, 4.69) is 34.8 Å². The molecule has 0 aromatic carbocycles. The van der Waals surface area contributed by atoms with E-state index in [1.165, 1.54) is 17.8 Å². The number of piperidine rings is 1. The van der Waals surface area contributed by atoms with Gasteiger partial charge in [-0.25, -0.2) is 17.7 Å². The van der Waals surface area contributed by atoms with Crippen LogP contribution in [-0.2, 0) is 10.0 Å². The molecule has 0 aliphatic carbocycles. The van der Waals surface area contributed by atoms with Crippen LogP contribution in [0.25, 0.3) is 0 Å². The zero-order valence-electron chi connectivity index (χ0n) is 16.4. The number of aliphatic imine (C=N–C) groups is 2. The Morgan fingerprint density at radius 1 is 1.30 bits per heavy atom. The first-order valence-corrected chi connectivity index (χ1v) is 12.4. The third kappa shape index (κ3) is 3.66. The molecule has 0 amide bonds. The summed E-state index contributed by atoms with van der Waals surface area (Å²) in [4.78, 5) is 11.3. The summed E-state index contributed by atoms with van der Waals surface area (Å²) < 4.78 is 29.6. The van der Waals surface area contributed by atoms with Crippen LogP contribution in [0, 0.1) is 0 Å². The Bertz CT molecular complexity index is 1110. The number of anilines is 1. The molecule has 3 aliphatic rings. The normalized spacial score (nSPS) is 22.7. The van der Waals surface area contributed by atoms with Crippen LogP contribution in [0.4, 0.5) is 5.00 Å². The molecule has 1 fully saturated rings. The molecular formula is C18H22N8O2S2. The molecule has 0 bridgehead atoms. The molecule has 2 N–H and O–H groups in total.